The average molecular weight is 436 g/mol. The van der Waals surface area contributed by atoms with Gasteiger partial charge in [-0.2, -0.15) is 0 Å². The number of nitrogens with one attached hydrogen (secondary N) is 4. The Kier molecular flexibility index (Phi) is 9.38. The van der Waals surface area contributed by atoms with Gasteiger partial charge in [-0.3, -0.25) is 14.4 Å². The van der Waals surface area contributed by atoms with Crippen molar-refractivity contribution in [2.24, 2.45) is 0 Å². The standard InChI is InChI=1S/C20H28N4O7/c25-10-15(18(28)22-14(20(30)31)9-12-5-2-1-3-6-12)24-19(29)16(11-26)23-17(27)13-7-4-8-21-13/h1-3,5-6,13-16,21,25-26H,4,7-11H2,(H,22,28)(H,23,27)(H,24,29)(H,30,31). The number of amides is 3. The Labute approximate surface area is 179 Å². The summed E-state index contributed by atoms with van der Waals surface area (Å²) in [4.78, 5) is 48.5. The van der Waals surface area contributed by atoms with Gasteiger partial charge in [0.15, 0.2) is 0 Å². The Morgan fingerprint density at radius 1 is 0.935 bits per heavy atom. The van der Waals surface area contributed by atoms with E-state index < -0.39 is 61.1 Å². The molecule has 4 unspecified atom stereocenters. The summed E-state index contributed by atoms with van der Waals surface area (Å²) < 4.78 is 0. The number of aliphatic hydroxyl groups is 2. The molecule has 1 aromatic rings. The van der Waals surface area contributed by atoms with E-state index in [4.69, 9.17) is 0 Å². The van der Waals surface area contributed by atoms with E-state index in [1.165, 1.54) is 0 Å². The Hall–Kier alpha value is -3.02. The number of hydrogen-bond donors (Lipinski definition) is 7. The first-order chi connectivity index (χ1) is 14.8. The van der Waals surface area contributed by atoms with Gasteiger partial charge >= 0.3 is 5.97 Å². The first-order valence-corrected chi connectivity index (χ1v) is 9.98. The molecule has 7 N–H and O–H groups in total. The number of benzene rings is 1. The minimum atomic E-state index is -1.46. The zero-order valence-electron chi connectivity index (χ0n) is 16.9. The molecule has 1 heterocycles. The third-order valence-electron chi connectivity index (χ3n) is 4.91. The Morgan fingerprint density at radius 2 is 1.52 bits per heavy atom. The number of carbonyl (C=O) groups excluding carboxylic acids is 3. The highest BCUT2D eigenvalue weighted by Crippen LogP contribution is 2.06. The lowest BCUT2D eigenvalue weighted by Gasteiger charge is -2.23. The van der Waals surface area contributed by atoms with Crippen molar-refractivity contribution in [3.63, 3.8) is 0 Å². The molecule has 1 saturated heterocycles. The second kappa shape index (κ2) is 12.0. The number of aliphatic hydroxyl groups excluding tert-OH is 2. The molecule has 3 amide bonds. The highest BCUT2D eigenvalue weighted by Gasteiger charge is 2.31. The molecule has 170 valence electrons. The number of carboxylic acid groups (broad SMARTS) is 1. The van der Waals surface area contributed by atoms with Crippen molar-refractivity contribution < 1.29 is 34.5 Å². The summed E-state index contributed by atoms with van der Waals surface area (Å²) >= 11 is 0. The lowest BCUT2D eigenvalue weighted by atomic mass is 10.1. The lowest BCUT2D eigenvalue weighted by molar-refractivity contribution is -0.142. The quantitative estimate of drug-likeness (QED) is 0.199. The fourth-order valence-corrected chi connectivity index (χ4v) is 3.16. The summed E-state index contributed by atoms with van der Waals surface area (Å²) in [6, 6.07) is 4.14. The SMILES string of the molecule is O=C(O)C(Cc1ccccc1)NC(=O)C(CO)NC(=O)C(CO)NC(=O)C1CCCN1. The highest BCUT2D eigenvalue weighted by atomic mass is 16.4. The van der Waals surface area contributed by atoms with Crippen LogP contribution in [0.15, 0.2) is 30.3 Å². The van der Waals surface area contributed by atoms with E-state index in [0.717, 1.165) is 6.42 Å². The highest BCUT2D eigenvalue weighted by molar-refractivity contribution is 5.94. The van der Waals surface area contributed by atoms with Crippen molar-refractivity contribution in [3.8, 4) is 0 Å². The maximum Gasteiger partial charge on any atom is 0.326 e. The van der Waals surface area contributed by atoms with Crippen LogP contribution in [0, 0.1) is 0 Å². The molecule has 11 heteroatoms. The molecule has 1 aliphatic heterocycles. The minimum Gasteiger partial charge on any atom is -0.480 e. The van der Waals surface area contributed by atoms with Crippen LogP contribution in [0.2, 0.25) is 0 Å². The second-order valence-electron chi connectivity index (χ2n) is 7.23. The fourth-order valence-electron chi connectivity index (χ4n) is 3.16. The van der Waals surface area contributed by atoms with E-state index in [-0.39, 0.29) is 6.42 Å². The van der Waals surface area contributed by atoms with Gasteiger partial charge in [0.05, 0.1) is 19.3 Å². The van der Waals surface area contributed by atoms with E-state index >= 15 is 0 Å². The van der Waals surface area contributed by atoms with E-state index in [0.29, 0.717) is 18.5 Å². The number of carbonyl (C=O) groups is 4. The van der Waals surface area contributed by atoms with Gasteiger partial charge in [-0.1, -0.05) is 30.3 Å². The summed E-state index contributed by atoms with van der Waals surface area (Å²) in [5, 5.41) is 38.3. The predicted molar refractivity (Wildman–Crippen MR) is 109 cm³/mol. The number of hydrogen-bond acceptors (Lipinski definition) is 7. The molecule has 11 nitrogen and oxygen atoms in total. The summed E-state index contributed by atoms with van der Waals surface area (Å²) in [6.07, 6.45) is 1.43. The molecule has 0 saturated carbocycles. The zero-order chi connectivity index (χ0) is 22.8. The molecule has 4 atom stereocenters. The second-order valence-corrected chi connectivity index (χ2v) is 7.23. The van der Waals surface area contributed by atoms with Crippen LogP contribution in [0.3, 0.4) is 0 Å². The molecule has 0 radical (unpaired) electrons. The third kappa shape index (κ3) is 7.31. The molecule has 0 aromatic heterocycles. The number of rotatable bonds is 11. The maximum atomic E-state index is 12.4. The van der Waals surface area contributed by atoms with Crippen LogP contribution in [0.5, 0.6) is 0 Å². The van der Waals surface area contributed by atoms with Gasteiger partial charge in [0.2, 0.25) is 17.7 Å². The molecule has 0 bridgehead atoms. The molecular formula is C20H28N4O7. The molecule has 1 aromatic carbocycles. The normalized spacial score (nSPS) is 18.5. The van der Waals surface area contributed by atoms with Crippen LogP contribution in [-0.2, 0) is 25.6 Å². The Bertz CT molecular complexity index is 768. The molecule has 0 aliphatic carbocycles. The van der Waals surface area contributed by atoms with Gasteiger partial charge in [-0.15, -0.1) is 0 Å². The molecule has 0 spiro atoms. The predicted octanol–water partition coefficient (Wildman–Crippen LogP) is -2.50. The van der Waals surface area contributed by atoms with Crippen LogP contribution >= 0.6 is 0 Å². The zero-order valence-corrected chi connectivity index (χ0v) is 16.9. The van der Waals surface area contributed by atoms with E-state index in [2.05, 4.69) is 21.3 Å². The van der Waals surface area contributed by atoms with Gasteiger partial charge in [0, 0.05) is 6.42 Å². The van der Waals surface area contributed by atoms with Crippen molar-refractivity contribution in [2.75, 3.05) is 19.8 Å². The van der Waals surface area contributed by atoms with Gasteiger partial charge < -0.3 is 36.6 Å². The first-order valence-electron chi connectivity index (χ1n) is 9.98. The van der Waals surface area contributed by atoms with Crippen LogP contribution in [0.4, 0.5) is 0 Å². The smallest absolute Gasteiger partial charge is 0.326 e. The summed E-state index contributed by atoms with van der Waals surface area (Å²) in [5.74, 6) is -3.51. The minimum absolute atomic E-state index is 0.0116. The van der Waals surface area contributed by atoms with Gasteiger partial charge in [0.25, 0.3) is 0 Å². The van der Waals surface area contributed by atoms with Crippen molar-refractivity contribution in [2.45, 2.75) is 43.4 Å². The van der Waals surface area contributed by atoms with E-state index in [1.807, 2.05) is 0 Å². The fraction of sp³-hybridized carbons (Fsp3) is 0.500. The van der Waals surface area contributed by atoms with Crippen LogP contribution in [0.25, 0.3) is 0 Å². The monoisotopic (exact) mass is 436 g/mol. The molecule has 1 fully saturated rings. The van der Waals surface area contributed by atoms with Crippen molar-refractivity contribution in [1.82, 2.24) is 21.3 Å². The van der Waals surface area contributed by atoms with Gasteiger partial charge in [-0.05, 0) is 24.9 Å². The molecule has 1 aliphatic rings. The van der Waals surface area contributed by atoms with E-state index in [9.17, 15) is 34.5 Å². The third-order valence-corrected chi connectivity index (χ3v) is 4.91. The summed E-state index contributed by atoms with van der Waals surface area (Å²) in [6.45, 7) is -0.837. The van der Waals surface area contributed by atoms with Crippen LogP contribution in [-0.4, -0.2) is 82.9 Å². The largest absolute Gasteiger partial charge is 0.480 e. The van der Waals surface area contributed by atoms with Crippen LogP contribution in [0.1, 0.15) is 18.4 Å². The average Bonchev–Trinajstić information content (AvgIpc) is 3.30. The maximum absolute atomic E-state index is 12.4. The molecule has 31 heavy (non-hydrogen) atoms. The van der Waals surface area contributed by atoms with Crippen molar-refractivity contribution >= 4 is 23.7 Å². The Morgan fingerprint density at radius 3 is 2.03 bits per heavy atom. The van der Waals surface area contributed by atoms with E-state index in [1.54, 1.807) is 30.3 Å². The van der Waals surface area contributed by atoms with Gasteiger partial charge in [-0.25, -0.2) is 4.79 Å². The van der Waals surface area contributed by atoms with Crippen molar-refractivity contribution in [1.29, 1.82) is 0 Å². The molecule has 2 rings (SSSR count). The van der Waals surface area contributed by atoms with Crippen molar-refractivity contribution in [3.05, 3.63) is 35.9 Å². The molecular weight excluding hydrogens is 408 g/mol. The topological polar surface area (TPSA) is 177 Å². The number of carboxylic acids is 1. The first kappa shape index (κ1) is 24.3. The van der Waals surface area contributed by atoms with Crippen LogP contribution < -0.4 is 21.3 Å². The number of aliphatic carboxylic acids is 1. The summed E-state index contributed by atoms with van der Waals surface area (Å²) in [7, 11) is 0. The Balaban J connectivity index is 1.95. The lowest BCUT2D eigenvalue weighted by Crippen LogP contribution is -2.59. The summed E-state index contributed by atoms with van der Waals surface area (Å²) in [5.41, 5.74) is 0.684. The van der Waals surface area contributed by atoms with Gasteiger partial charge in [0.1, 0.15) is 18.1 Å².